The van der Waals surface area contributed by atoms with Crippen LogP contribution in [0.15, 0.2) is 30.5 Å². The topological polar surface area (TPSA) is 48.1 Å². The van der Waals surface area contributed by atoms with E-state index in [9.17, 15) is 0 Å². The van der Waals surface area contributed by atoms with Crippen LogP contribution in [0.4, 0.5) is 0 Å². The van der Waals surface area contributed by atoms with Crippen molar-refractivity contribution in [3.8, 4) is 5.75 Å². The molecule has 2 N–H and O–H groups in total. The zero-order chi connectivity index (χ0) is 14.5. The molecule has 0 bridgehead atoms. The fraction of sp³-hybridized carbons (Fsp3) is 0.353. The molecule has 2 aromatic rings. The molecule has 0 aliphatic carbocycles. The second kappa shape index (κ2) is 6.53. The summed E-state index contributed by atoms with van der Waals surface area (Å²) >= 11 is 0. The molecular formula is C17H22N2O. The van der Waals surface area contributed by atoms with Crippen molar-refractivity contribution in [2.75, 3.05) is 6.54 Å². The highest BCUT2D eigenvalue weighted by atomic mass is 16.5. The number of nitrogens with zero attached hydrogens (tertiary/aromatic N) is 1. The Labute approximate surface area is 120 Å². The van der Waals surface area contributed by atoms with E-state index in [4.69, 9.17) is 10.5 Å². The number of nitrogens with two attached hydrogens (primary N) is 1. The maximum Gasteiger partial charge on any atom is 0.138 e. The van der Waals surface area contributed by atoms with Crippen molar-refractivity contribution in [2.24, 2.45) is 5.73 Å². The van der Waals surface area contributed by atoms with Gasteiger partial charge < -0.3 is 10.5 Å². The van der Waals surface area contributed by atoms with Gasteiger partial charge in [0.1, 0.15) is 12.4 Å². The lowest BCUT2D eigenvalue weighted by atomic mass is 10.0. The van der Waals surface area contributed by atoms with Gasteiger partial charge in [-0.3, -0.25) is 4.98 Å². The Bertz CT molecular complexity index is 553. The second-order valence-corrected chi connectivity index (χ2v) is 5.19. The highest BCUT2D eigenvalue weighted by molar-refractivity contribution is 5.37. The van der Waals surface area contributed by atoms with E-state index in [-0.39, 0.29) is 0 Å². The first-order chi connectivity index (χ1) is 9.60. The largest absolute Gasteiger partial charge is 0.487 e. The predicted molar refractivity (Wildman–Crippen MR) is 82.0 cm³/mol. The third-order valence-corrected chi connectivity index (χ3v) is 3.42. The standard InChI is InChI=1S/C17H22N2O/c1-12-8-13(2)17(14(3)9-12)11-20-16-5-4-15(6-7-18)19-10-16/h4-5,8-10H,6-7,11,18H2,1-3H3. The zero-order valence-corrected chi connectivity index (χ0v) is 12.4. The van der Waals surface area contributed by atoms with Crippen LogP contribution in [-0.4, -0.2) is 11.5 Å². The van der Waals surface area contributed by atoms with Crippen LogP contribution >= 0.6 is 0 Å². The third-order valence-electron chi connectivity index (χ3n) is 3.42. The molecular weight excluding hydrogens is 248 g/mol. The van der Waals surface area contributed by atoms with Crippen LogP contribution in [0.2, 0.25) is 0 Å². The average molecular weight is 270 g/mol. The monoisotopic (exact) mass is 270 g/mol. The van der Waals surface area contributed by atoms with Gasteiger partial charge in [-0.15, -0.1) is 0 Å². The first-order valence-electron chi connectivity index (χ1n) is 6.94. The van der Waals surface area contributed by atoms with Crippen LogP contribution in [-0.2, 0) is 13.0 Å². The molecule has 0 spiro atoms. The molecule has 106 valence electrons. The minimum Gasteiger partial charge on any atom is -0.487 e. The van der Waals surface area contributed by atoms with Crippen LogP contribution in [0.5, 0.6) is 5.75 Å². The van der Waals surface area contributed by atoms with Crippen molar-refractivity contribution in [3.05, 3.63) is 58.4 Å². The minimum atomic E-state index is 0.579. The van der Waals surface area contributed by atoms with Gasteiger partial charge in [0.25, 0.3) is 0 Å². The van der Waals surface area contributed by atoms with E-state index in [1.165, 1.54) is 22.3 Å². The van der Waals surface area contributed by atoms with Gasteiger partial charge >= 0.3 is 0 Å². The number of ether oxygens (including phenoxy) is 1. The summed E-state index contributed by atoms with van der Waals surface area (Å²) in [4.78, 5) is 4.33. The highest BCUT2D eigenvalue weighted by Crippen LogP contribution is 2.19. The number of rotatable bonds is 5. The highest BCUT2D eigenvalue weighted by Gasteiger charge is 2.05. The van der Waals surface area contributed by atoms with Crippen molar-refractivity contribution in [2.45, 2.75) is 33.8 Å². The molecule has 0 saturated carbocycles. The molecule has 1 heterocycles. The molecule has 0 aliphatic rings. The molecule has 0 amide bonds. The molecule has 20 heavy (non-hydrogen) atoms. The molecule has 0 saturated heterocycles. The summed E-state index contributed by atoms with van der Waals surface area (Å²) in [6, 6.07) is 8.30. The smallest absolute Gasteiger partial charge is 0.138 e. The second-order valence-electron chi connectivity index (χ2n) is 5.19. The Morgan fingerprint density at radius 1 is 1.10 bits per heavy atom. The summed E-state index contributed by atoms with van der Waals surface area (Å²) in [5.41, 5.74) is 11.6. The van der Waals surface area contributed by atoms with Crippen LogP contribution in [0, 0.1) is 20.8 Å². The lowest BCUT2D eigenvalue weighted by Crippen LogP contribution is -2.05. The number of aromatic nitrogens is 1. The van der Waals surface area contributed by atoms with E-state index >= 15 is 0 Å². The molecule has 2 rings (SSSR count). The first-order valence-corrected chi connectivity index (χ1v) is 6.94. The Kier molecular flexibility index (Phi) is 4.74. The zero-order valence-electron chi connectivity index (χ0n) is 12.4. The van der Waals surface area contributed by atoms with Gasteiger partial charge in [0, 0.05) is 12.1 Å². The van der Waals surface area contributed by atoms with Gasteiger partial charge in [-0.05, 0) is 56.1 Å². The van der Waals surface area contributed by atoms with Crippen LogP contribution in [0.1, 0.15) is 27.9 Å². The van der Waals surface area contributed by atoms with Crippen molar-refractivity contribution in [3.63, 3.8) is 0 Å². The number of hydrogen-bond donors (Lipinski definition) is 1. The summed E-state index contributed by atoms with van der Waals surface area (Å²) in [5, 5.41) is 0. The summed E-state index contributed by atoms with van der Waals surface area (Å²) in [6.07, 6.45) is 2.57. The molecule has 0 radical (unpaired) electrons. The average Bonchev–Trinajstić information content (AvgIpc) is 2.39. The van der Waals surface area contributed by atoms with Crippen molar-refractivity contribution >= 4 is 0 Å². The van der Waals surface area contributed by atoms with E-state index in [1.54, 1.807) is 6.20 Å². The summed E-state index contributed by atoms with van der Waals surface area (Å²) in [5.74, 6) is 0.796. The fourth-order valence-electron chi connectivity index (χ4n) is 2.39. The molecule has 0 unspecified atom stereocenters. The van der Waals surface area contributed by atoms with E-state index in [2.05, 4.69) is 37.9 Å². The van der Waals surface area contributed by atoms with Gasteiger partial charge in [0.05, 0.1) is 6.20 Å². The molecule has 0 fully saturated rings. The van der Waals surface area contributed by atoms with Gasteiger partial charge in [0.2, 0.25) is 0 Å². The fourth-order valence-corrected chi connectivity index (χ4v) is 2.39. The molecule has 0 atom stereocenters. The molecule has 3 heteroatoms. The van der Waals surface area contributed by atoms with Crippen LogP contribution < -0.4 is 10.5 Å². The van der Waals surface area contributed by atoms with Gasteiger partial charge in [0.15, 0.2) is 0 Å². The molecule has 1 aromatic carbocycles. The van der Waals surface area contributed by atoms with E-state index < -0.39 is 0 Å². The lowest BCUT2D eigenvalue weighted by molar-refractivity contribution is 0.303. The Morgan fingerprint density at radius 3 is 2.35 bits per heavy atom. The van der Waals surface area contributed by atoms with Crippen molar-refractivity contribution < 1.29 is 4.74 Å². The predicted octanol–water partition coefficient (Wildman–Crippen LogP) is 3.09. The molecule has 3 nitrogen and oxygen atoms in total. The van der Waals surface area contributed by atoms with Gasteiger partial charge in [-0.25, -0.2) is 0 Å². The maximum absolute atomic E-state index is 5.83. The Morgan fingerprint density at radius 2 is 1.80 bits per heavy atom. The van der Waals surface area contributed by atoms with Crippen LogP contribution in [0.3, 0.4) is 0 Å². The third kappa shape index (κ3) is 3.58. The van der Waals surface area contributed by atoms with E-state index in [0.29, 0.717) is 13.2 Å². The Balaban J connectivity index is 2.05. The number of aryl methyl sites for hydroxylation is 3. The van der Waals surface area contributed by atoms with Gasteiger partial charge in [-0.1, -0.05) is 17.7 Å². The maximum atomic E-state index is 5.83. The normalized spacial score (nSPS) is 10.6. The van der Waals surface area contributed by atoms with Crippen molar-refractivity contribution in [1.82, 2.24) is 4.98 Å². The number of benzene rings is 1. The first kappa shape index (κ1) is 14.5. The SMILES string of the molecule is Cc1cc(C)c(COc2ccc(CCN)nc2)c(C)c1. The van der Waals surface area contributed by atoms with E-state index in [1.807, 2.05) is 12.1 Å². The number of pyridine rings is 1. The van der Waals surface area contributed by atoms with Crippen molar-refractivity contribution in [1.29, 1.82) is 0 Å². The quantitative estimate of drug-likeness (QED) is 0.908. The summed E-state index contributed by atoms with van der Waals surface area (Å²) < 4.78 is 5.83. The minimum absolute atomic E-state index is 0.579. The van der Waals surface area contributed by atoms with Gasteiger partial charge in [-0.2, -0.15) is 0 Å². The Hall–Kier alpha value is -1.87. The number of hydrogen-bond acceptors (Lipinski definition) is 3. The molecule has 0 aliphatic heterocycles. The van der Waals surface area contributed by atoms with Crippen LogP contribution in [0.25, 0.3) is 0 Å². The molecule has 1 aromatic heterocycles. The lowest BCUT2D eigenvalue weighted by Gasteiger charge is -2.12. The van der Waals surface area contributed by atoms with E-state index in [0.717, 1.165) is 17.9 Å². The summed E-state index contributed by atoms with van der Waals surface area (Å²) in [6.45, 7) is 7.57. The summed E-state index contributed by atoms with van der Waals surface area (Å²) in [7, 11) is 0.